The van der Waals surface area contributed by atoms with Crippen molar-refractivity contribution in [3.63, 3.8) is 0 Å². The van der Waals surface area contributed by atoms with Gasteiger partial charge < -0.3 is 10.0 Å². The monoisotopic (exact) mass is 285 g/mol. The number of hydrogen-bond donors (Lipinski definition) is 1. The molecule has 3 nitrogen and oxygen atoms in total. The first-order chi connectivity index (χ1) is 9.43. The van der Waals surface area contributed by atoms with Gasteiger partial charge in [0.15, 0.2) is 0 Å². The fourth-order valence-electron chi connectivity index (χ4n) is 2.13. The Morgan fingerprint density at radius 2 is 2.10 bits per heavy atom. The van der Waals surface area contributed by atoms with E-state index in [4.69, 9.17) is 5.11 Å². The molecule has 0 saturated carbocycles. The molecule has 1 aromatic carbocycles. The van der Waals surface area contributed by atoms with E-state index in [0.717, 1.165) is 37.6 Å². The lowest BCUT2D eigenvalue weighted by Crippen LogP contribution is -2.36. The van der Waals surface area contributed by atoms with E-state index < -0.39 is 17.6 Å². The van der Waals surface area contributed by atoms with Crippen LogP contribution in [0, 0.1) is 11.6 Å². The summed E-state index contributed by atoms with van der Waals surface area (Å²) in [5, 5.41) is 8.97. The molecule has 0 aliphatic carbocycles. The molecule has 1 N–H and O–H groups in total. The van der Waals surface area contributed by atoms with E-state index in [2.05, 4.69) is 0 Å². The molecule has 0 aromatic heterocycles. The van der Waals surface area contributed by atoms with Crippen molar-refractivity contribution in [2.45, 2.75) is 38.6 Å². The van der Waals surface area contributed by atoms with Gasteiger partial charge in [-0.1, -0.05) is 13.3 Å². The minimum atomic E-state index is -0.935. The zero-order valence-electron chi connectivity index (χ0n) is 11.9. The van der Waals surface area contributed by atoms with E-state index >= 15 is 0 Å². The van der Waals surface area contributed by atoms with Crippen LogP contribution >= 0.6 is 0 Å². The van der Waals surface area contributed by atoms with Gasteiger partial charge in [0.25, 0.3) is 0 Å². The van der Waals surface area contributed by atoms with Crippen LogP contribution in [0.1, 0.15) is 31.7 Å². The molecule has 0 radical (unpaired) electrons. The molecule has 0 amide bonds. The van der Waals surface area contributed by atoms with Crippen LogP contribution in [0.25, 0.3) is 0 Å². The van der Waals surface area contributed by atoms with Crippen molar-refractivity contribution in [3.05, 3.63) is 35.4 Å². The van der Waals surface area contributed by atoms with E-state index in [9.17, 15) is 13.6 Å². The highest BCUT2D eigenvalue weighted by atomic mass is 19.1. The minimum absolute atomic E-state index is 0.0871. The van der Waals surface area contributed by atoms with Crippen LogP contribution in [0.2, 0.25) is 0 Å². The topological polar surface area (TPSA) is 40.5 Å². The third-order valence-electron chi connectivity index (χ3n) is 3.36. The van der Waals surface area contributed by atoms with Gasteiger partial charge in [-0.15, -0.1) is 0 Å². The zero-order chi connectivity index (χ0) is 15.1. The van der Waals surface area contributed by atoms with E-state index in [1.807, 2.05) is 18.9 Å². The van der Waals surface area contributed by atoms with Gasteiger partial charge in [-0.3, -0.25) is 4.79 Å². The van der Waals surface area contributed by atoms with Crippen molar-refractivity contribution in [2.75, 3.05) is 13.6 Å². The average molecular weight is 285 g/mol. The largest absolute Gasteiger partial charge is 0.481 e. The normalized spacial score (nSPS) is 12.7. The van der Waals surface area contributed by atoms with E-state index in [0.29, 0.717) is 0 Å². The van der Waals surface area contributed by atoms with Crippen LogP contribution in [-0.4, -0.2) is 35.6 Å². The van der Waals surface area contributed by atoms with Crippen molar-refractivity contribution >= 4 is 5.97 Å². The van der Waals surface area contributed by atoms with Gasteiger partial charge in [-0.05, 0) is 50.2 Å². The molecule has 1 aromatic rings. The molecular weight excluding hydrogens is 264 g/mol. The Morgan fingerprint density at radius 1 is 1.40 bits per heavy atom. The third-order valence-corrected chi connectivity index (χ3v) is 3.36. The van der Waals surface area contributed by atoms with Crippen molar-refractivity contribution in [1.29, 1.82) is 0 Å². The fraction of sp³-hybridized carbons (Fsp3) is 0.533. The molecule has 1 unspecified atom stereocenters. The molecule has 0 aliphatic heterocycles. The number of rotatable bonds is 8. The van der Waals surface area contributed by atoms with Crippen LogP contribution in [0.3, 0.4) is 0 Å². The molecule has 0 spiro atoms. The summed E-state index contributed by atoms with van der Waals surface area (Å²) in [6.45, 7) is 2.79. The Bertz CT molecular complexity index is 451. The summed E-state index contributed by atoms with van der Waals surface area (Å²) >= 11 is 0. The summed E-state index contributed by atoms with van der Waals surface area (Å²) < 4.78 is 26.8. The summed E-state index contributed by atoms with van der Waals surface area (Å²) in [7, 11) is 1.82. The maximum absolute atomic E-state index is 13.7. The Hall–Kier alpha value is -1.49. The highest BCUT2D eigenvalue weighted by Gasteiger charge is 2.20. The summed E-state index contributed by atoms with van der Waals surface area (Å²) in [5.74, 6) is -1.94. The number of carboxylic acid groups (broad SMARTS) is 1. The van der Waals surface area contributed by atoms with Crippen LogP contribution in [0.5, 0.6) is 0 Å². The number of nitrogens with zero attached hydrogens (tertiary/aromatic N) is 1. The SMILES string of the molecule is CCCCN(C)C(CC(=O)O)Cc1cc(F)ccc1F. The molecule has 1 rings (SSSR count). The first-order valence-corrected chi connectivity index (χ1v) is 6.80. The van der Waals surface area contributed by atoms with Gasteiger partial charge in [0, 0.05) is 6.04 Å². The predicted molar refractivity (Wildman–Crippen MR) is 73.6 cm³/mol. The van der Waals surface area contributed by atoms with Gasteiger partial charge in [-0.2, -0.15) is 0 Å². The van der Waals surface area contributed by atoms with Gasteiger partial charge in [-0.25, -0.2) is 8.78 Å². The van der Waals surface area contributed by atoms with Crippen LogP contribution in [0.4, 0.5) is 8.78 Å². The molecular formula is C15H21F2NO2. The molecule has 112 valence electrons. The molecule has 20 heavy (non-hydrogen) atoms. The summed E-state index contributed by atoms with van der Waals surface area (Å²) in [4.78, 5) is 12.8. The van der Waals surface area contributed by atoms with E-state index in [-0.39, 0.29) is 24.4 Å². The maximum atomic E-state index is 13.7. The summed E-state index contributed by atoms with van der Waals surface area (Å²) in [6.07, 6.45) is 2.04. The number of likely N-dealkylation sites (N-methyl/N-ethyl adjacent to an activating group) is 1. The Labute approximate surface area is 118 Å². The van der Waals surface area contributed by atoms with Crippen molar-refractivity contribution in [2.24, 2.45) is 0 Å². The first-order valence-electron chi connectivity index (χ1n) is 6.80. The number of aliphatic carboxylic acids is 1. The zero-order valence-corrected chi connectivity index (χ0v) is 11.9. The number of benzene rings is 1. The maximum Gasteiger partial charge on any atom is 0.304 e. The second kappa shape index (κ2) is 7.94. The van der Waals surface area contributed by atoms with Gasteiger partial charge in [0.2, 0.25) is 0 Å². The van der Waals surface area contributed by atoms with Gasteiger partial charge in [0.1, 0.15) is 11.6 Å². The lowest BCUT2D eigenvalue weighted by molar-refractivity contribution is -0.138. The van der Waals surface area contributed by atoms with Gasteiger partial charge in [0.05, 0.1) is 6.42 Å². The van der Waals surface area contributed by atoms with Crippen LogP contribution < -0.4 is 0 Å². The highest BCUT2D eigenvalue weighted by molar-refractivity contribution is 5.67. The molecule has 5 heteroatoms. The summed E-state index contributed by atoms with van der Waals surface area (Å²) in [5.41, 5.74) is 0.222. The summed E-state index contributed by atoms with van der Waals surface area (Å²) in [6, 6.07) is 2.94. The van der Waals surface area contributed by atoms with E-state index in [1.165, 1.54) is 0 Å². The highest BCUT2D eigenvalue weighted by Crippen LogP contribution is 2.16. The molecule has 0 bridgehead atoms. The lowest BCUT2D eigenvalue weighted by Gasteiger charge is -2.27. The molecule has 0 heterocycles. The minimum Gasteiger partial charge on any atom is -0.481 e. The Kier molecular flexibility index (Phi) is 6.58. The Morgan fingerprint density at radius 3 is 2.70 bits per heavy atom. The molecule has 0 fully saturated rings. The van der Waals surface area contributed by atoms with Crippen molar-refractivity contribution < 1.29 is 18.7 Å². The van der Waals surface area contributed by atoms with Crippen LogP contribution in [-0.2, 0) is 11.2 Å². The second-order valence-corrected chi connectivity index (χ2v) is 5.03. The number of carbonyl (C=O) groups is 1. The van der Waals surface area contributed by atoms with Gasteiger partial charge >= 0.3 is 5.97 Å². The Balaban J connectivity index is 2.82. The smallest absolute Gasteiger partial charge is 0.304 e. The quantitative estimate of drug-likeness (QED) is 0.798. The van der Waals surface area contributed by atoms with Crippen molar-refractivity contribution in [3.8, 4) is 0 Å². The average Bonchev–Trinajstić information content (AvgIpc) is 2.38. The lowest BCUT2D eigenvalue weighted by atomic mass is 10.0. The standard InChI is InChI=1S/C15H21F2NO2/c1-3-4-7-18(2)13(10-15(19)20)9-11-8-12(16)5-6-14(11)17/h5-6,8,13H,3-4,7,9-10H2,1-2H3,(H,19,20). The number of halogens is 2. The first kappa shape index (κ1) is 16.6. The van der Waals surface area contributed by atoms with Crippen LogP contribution in [0.15, 0.2) is 18.2 Å². The number of unbranched alkanes of at least 4 members (excludes halogenated alkanes) is 1. The number of carboxylic acids is 1. The predicted octanol–water partition coefficient (Wildman–Crippen LogP) is 3.08. The number of hydrogen-bond acceptors (Lipinski definition) is 2. The fourth-order valence-corrected chi connectivity index (χ4v) is 2.13. The second-order valence-electron chi connectivity index (χ2n) is 5.03. The molecule has 1 atom stereocenters. The van der Waals surface area contributed by atoms with E-state index in [1.54, 1.807) is 0 Å². The third kappa shape index (κ3) is 5.25. The van der Waals surface area contributed by atoms with Crippen molar-refractivity contribution in [1.82, 2.24) is 4.90 Å². The molecule has 0 aliphatic rings. The molecule has 0 saturated heterocycles.